The molecule has 5 heterocycles. The molecule has 0 radical (unpaired) electrons. The molecule has 1 amide bonds. The van der Waals surface area contributed by atoms with Gasteiger partial charge >= 0.3 is 5.69 Å². The Morgan fingerprint density at radius 2 is 1.75 bits per heavy atom. The van der Waals surface area contributed by atoms with Crippen molar-refractivity contribution in [1.82, 2.24) is 29.5 Å². The first-order valence-corrected chi connectivity index (χ1v) is 29.4. The zero-order valence-corrected chi connectivity index (χ0v) is 44.8. The maximum absolute atomic E-state index is 15.0. The normalized spacial score (nSPS) is 21.8. The molecule has 0 bridgehead atoms. The Hall–Kier alpha value is -5.94. The number of hydrogen-bond donors (Lipinski definition) is 4. The van der Waals surface area contributed by atoms with Gasteiger partial charge in [0.2, 0.25) is 5.82 Å². The molecule has 75 heavy (non-hydrogen) atoms. The molecule has 2 aromatic carbocycles. The van der Waals surface area contributed by atoms with Crippen LogP contribution in [0.25, 0.3) is 11.0 Å². The number of sulfone groups is 1. The summed E-state index contributed by atoms with van der Waals surface area (Å²) in [6.45, 7) is 12.7. The second-order valence-corrected chi connectivity index (χ2v) is 25.6. The van der Waals surface area contributed by atoms with E-state index in [4.69, 9.17) is 9.47 Å². The number of fused-ring (bicyclic) bond motifs is 1. The molecule has 3 aromatic heterocycles. The van der Waals surface area contributed by atoms with Crippen molar-refractivity contribution in [3.8, 4) is 17.4 Å². The Labute approximate surface area is 437 Å². The van der Waals surface area contributed by atoms with Crippen molar-refractivity contribution in [2.24, 2.45) is 11.3 Å². The number of piperazine rings is 1. The number of nitro groups is 1. The van der Waals surface area contributed by atoms with Gasteiger partial charge in [-0.2, -0.15) is 4.98 Å². The van der Waals surface area contributed by atoms with Gasteiger partial charge in [-0.1, -0.05) is 38.1 Å². The maximum Gasteiger partial charge on any atom is 0.312 e. The molecule has 22 heteroatoms. The lowest BCUT2D eigenvalue weighted by molar-refractivity contribution is -0.384. The maximum atomic E-state index is 15.0. The summed E-state index contributed by atoms with van der Waals surface area (Å²) in [6.07, 6.45) is 9.83. The number of aromatic nitrogens is 3. The van der Waals surface area contributed by atoms with Gasteiger partial charge < -0.3 is 29.8 Å². The third-order valence-corrected chi connectivity index (χ3v) is 18.1. The number of carbonyl (C=O) groups is 1. The van der Waals surface area contributed by atoms with E-state index in [-0.39, 0.29) is 69.5 Å². The number of sulfonamides is 1. The predicted molar refractivity (Wildman–Crippen MR) is 283 cm³/mol. The van der Waals surface area contributed by atoms with Gasteiger partial charge in [-0.05, 0) is 106 Å². The molecule has 0 unspecified atom stereocenters. The van der Waals surface area contributed by atoms with Crippen molar-refractivity contribution in [2.45, 2.75) is 108 Å². The van der Waals surface area contributed by atoms with E-state index >= 15 is 0 Å². The molecule has 404 valence electrons. The van der Waals surface area contributed by atoms with Crippen LogP contribution in [0.3, 0.4) is 0 Å². The molecule has 2 saturated carbocycles. The number of pyridine rings is 2. The van der Waals surface area contributed by atoms with Crippen LogP contribution in [-0.2, 0) is 19.9 Å². The summed E-state index contributed by atoms with van der Waals surface area (Å²) in [5.41, 5.74) is 2.08. The summed E-state index contributed by atoms with van der Waals surface area (Å²) in [6, 6.07) is 16.2. The number of aliphatic hydroxyl groups is 1. The third-order valence-electron chi connectivity index (χ3n) is 15.8. The zero-order valence-electron chi connectivity index (χ0n) is 43.2. The Kier molecular flexibility index (Phi) is 15.5. The minimum absolute atomic E-state index is 0.00313. The molecule has 19 nitrogen and oxygen atoms in total. The third kappa shape index (κ3) is 12.2. The number of anilines is 2. The minimum atomic E-state index is -4.76. The molecule has 2 saturated heterocycles. The van der Waals surface area contributed by atoms with Crippen molar-refractivity contribution < 1.29 is 45.5 Å². The van der Waals surface area contributed by atoms with E-state index in [1.54, 1.807) is 26.0 Å². The zero-order chi connectivity index (χ0) is 53.5. The van der Waals surface area contributed by atoms with Gasteiger partial charge in [0.05, 0.1) is 40.0 Å². The summed E-state index contributed by atoms with van der Waals surface area (Å²) in [4.78, 5) is 43.5. The second-order valence-electron chi connectivity index (χ2n) is 21.6. The van der Waals surface area contributed by atoms with Gasteiger partial charge in [0.1, 0.15) is 31.9 Å². The lowest BCUT2D eigenvalue weighted by Crippen LogP contribution is -2.60. The number of piperidine rings is 1. The highest BCUT2D eigenvalue weighted by molar-refractivity contribution is 7.90. The summed E-state index contributed by atoms with van der Waals surface area (Å²) in [5.74, 6) is -1.33. The number of H-pyrrole nitrogens is 1. The summed E-state index contributed by atoms with van der Waals surface area (Å²) >= 11 is 0. The van der Waals surface area contributed by atoms with E-state index in [2.05, 4.69) is 73.1 Å². The van der Waals surface area contributed by atoms with Gasteiger partial charge in [-0.25, -0.2) is 30.9 Å². The number of halogens is 1. The number of aromatic amines is 1. The lowest BCUT2D eigenvalue weighted by atomic mass is 9.59. The van der Waals surface area contributed by atoms with Gasteiger partial charge in [0.15, 0.2) is 5.75 Å². The van der Waals surface area contributed by atoms with E-state index in [1.165, 1.54) is 29.5 Å². The van der Waals surface area contributed by atoms with Crippen molar-refractivity contribution in [3.05, 3.63) is 99.6 Å². The van der Waals surface area contributed by atoms with Crippen LogP contribution in [0.2, 0.25) is 0 Å². The smallest absolute Gasteiger partial charge is 0.312 e. The standard InChI is InChI=1S/C53H68FN9O10S2/c1-6-72-51-47(27-42-43(54)32-57-48(42)58-51)73-46-25-36(11-12-41(46)50(64)59-75(70,71)38-26-44(63(66)67)49(56-31-38)55-30-35-13-15-52(4,65)16-14-35)61-19-17-53(18-20-61)28-37(29-53)62-22-21-60(23-24-74(5,68)69)33-45(62)40-10-8-7-9-39(40)34(2)3/h7-12,25-27,31-32,34-35,37,45,65H,6,13-24,28-30,33H2,1-5H3,(H,55,56)(H,57,58)(H,59,64)/t35?,45-,52?/m0/s1. The predicted octanol–water partition coefficient (Wildman–Crippen LogP) is 7.94. The van der Waals surface area contributed by atoms with Gasteiger partial charge in [-0.15, -0.1) is 0 Å². The highest BCUT2D eigenvalue weighted by Gasteiger charge is 2.50. The molecule has 4 aliphatic rings. The first-order valence-electron chi connectivity index (χ1n) is 25.9. The Morgan fingerprint density at radius 1 is 1.01 bits per heavy atom. The van der Waals surface area contributed by atoms with Crippen molar-refractivity contribution >= 4 is 54.0 Å². The monoisotopic (exact) mass is 1070 g/mol. The fourth-order valence-electron chi connectivity index (χ4n) is 11.5. The molecule has 4 N–H and O–H groups in total. The topological polar surface area (TPSA) is 243 Å². The van der Waals surface area contributed by atoms with Crippen LogP contribution < -0.4 is 24.4 Å². The largest absolute Gasteiger partial charge is 0.475 e. The molecule has 2 aliphatic carbocycles. The van der Waals surface area contributed by atoms with E-state index < -0.39 is 52.7 Å². The van der Waals surface area contributed by atoms with Gasteiger partial charge in [0, 0.05) is 94.2 Å². The molecule has 9 rings (SSSR count). The van der Waals surface area contributed by atoms with E-state index in [0.717, 1.165) is 63.8 Å². The molecular weight excluding hydrogens is 1010 g/mol. The Balaban J connectivity index is 0.932. The number of amides is 1. The number of hydrogen-bond acceptors (Lipinski definition) is 16. The molecule has 1 spiro atoms. The van der Waals surface area contributed by atoms with E-state index in [9.17, 15) is 41.2 Å². The number of ether oxygens (including phenoxy) is 2. The van der Waals surface area contributed by atoms with E-state index in [1.807, 2.05) is 4.72 Å². The average molecular weight is 1070 g/mol. The van der Waals surface area contributed by atoms with Gasteiger partial charge in [0.25, 0.3) is 21.8 Å². The molecular formula is C53H68FN9O10S2. The Morgan fingerprint density at radius 3 is 2.44 bits per heavy atom. The molecule has 5 aromatic rings. The van der Waals surface area contributed by atoms with Crippen LogP contribution in [0, 0.1) is 27.3 Å². The number of nitrogens with one attached hydrogen (secondary N) is 3. The average Bonchev–Trinajstić information content (AvgIpc) is 3.73. The number of rotatable bonds is 18. The highest BCUT2D eigenvalue weighted by atomic mass is 32.2. The SMILES string of the molecule is CCOc1nc2[nH]cc(F)c2cc1Oc1cc(N2CCC3(CC2)CC(N2CCN(CCS(C)(=O)=O)C[C@H]2c2ccccc2C(C)C)C3)ccc1C(=O)NS(=O)(=O)c1cnc(NCC2CCC(C)(O)CC2)c([N+](=O)[O-])c1. The number of carbonyl (C=O) groups excluding carboxylic acids is 1. The van der Waals surface area contributed by atoms with Crippen LogP contribution in [0.15, 0.2) is 71.9 Å². The first kappa shape index (κ1) is 53.9. The number of nitrogens with zero attached hydrogens (tertiary/aromatic N) is 6. The lowest BCUT2D eigenvalue weighted by Gasteiger charge is -2.58. The fourth-order valence-corrected chi connectivity index (χ4v) is 13.0. The molecule has 2 aliphatic heterocycles. The minimum Gasteiger partial charge on any atom is -0.475 e. The van der Waals surface area contributed by atoms with Crippen LogP contribution in [0.4, 0.5) is 21.6 Å². The first-order chi connectivity index (χ1) is 35.6. The number of benzene rings is 2. The Bertz CT molecular complexity index is 3150. The van der Waals surface area contributed by atoms with Crippen molar-refractivity contribution in [3.63, 3.8) is 0 Å². The summed E-state index contributed by atoms with van der Waals surface area (Å²) < 4.78 is 81.3. The van der Waals surface area contributed by atoms with Crippen molar-refractivity contribution in [2.75, 3.05) is 74.6 Å². The molecule has 4 fully saturated rings. The van der Waals surface area contributed by atoms with Crippen LogP contribution in [0.1, 0.15) is 113 Å². The van der Waals surface area contributed by atoms with Crippen LogP contribution in [-0.4, -0.2) is 134 Å². The fraction of sp³-hybridized carbons (Fsp3) is 0.528. The van der Waals surface area contributed by atoms with Crippen molar-refractivity contribution in [1.29, 1.82) is 0 Å². The van der Waals surface area contributed by atoms with Crippen LogP contribution >= 0.6 is 0 Å². The summed E-state index contributed by atoms with van der Waals surface area (Å²) in [7, 11) is -7.86. The highest BCUT2D eigenvalue weighted by Crippen LogP contribution is 2.53. The molecule has 1 atom stereocenters. The second kappa shape index (κ2) is 21.6. The van der Waals surface area contributed by atoms with Gasteiger partial charge in [-0.3, -0.25) is 24.7 Å². The van der Waals surface area contributed by atoms with E-state index in [0.29, 0.717) is 69.5 Å². The summed E-state index contributed by atoms with van der Waals surface area (Å²) in [5, 5.41) is 25.6. The quantitative estimate of drug-likeness (QED) is 0.0481. The van der Waals surface area contributed by atoms with Crippen LogP contribution in [0.5, 0.6) is 17.4 Å².